The maximum atomic E-state index is 13.5. The van der Waals surface area contributed by atoms with Crippen LogP contribution in [-0.2, 0) is 10.5 Å². The van der Waals surface area contributed by atoms with Crippen molar-refractivity contribution in [3.05, 3.63) is 46.8 Å². The molecule has 0 radical (unpaired) electrons. The molecule has 0 saturated carbocycles. The number of piperidine rings is 2. The Kier molecular flexibility index (Phi) is 8.96. The number of allylic oxidation sites excluding steroid dienone is 2. The molecule has 35 heavy (non-hydrogen) atoms. The molecule has 0 spiro atoms. The van der Waals surface area contributed by atoms with Crippen molar-refractivity contribution in [1.82, 2.24) is 15.1 Å². The number of amides is 1. The standard InChI is InChI=1S/C24H36F2N5O3P/c1-15(23(28)19-5-4-16(12-20(19)33)24(25,26)35)11-21(27)29-17-3-2-8-30(13-17)14-22(34)31-9-6-18(32)7-10-31/h4-5,11-12,17-18,29,32-33H,2-3,6-10,13-14,27-28,35H2,1H3/b21-11+,23-15-. The van der Waals surface area contributed by atoms with Gasteiger partial charge in [0.05, 0.1) is 18.5 Å². The molecule has 2 aliphatic rings. The van der Waals surface area contributed by atoms with Crippen LogP contribution >= 0.6 is 9.24 Å². The molecule has 8 nitrogen and oxygen atoms in total. The van der Waals surface area contributed by atoms with Crippen molar-refractivity contribution in [2.75, 3.05) is 32.7 Å². The summed E-state index contributed by atoms with van der Waals surface area (Å²) in [7, 11) is 1.44. The molecule has 0 aromatic heterocycles. The van der Waals surface area contributed by atoms with Crippen LogP contribution in [-0.4, -0.2) is 70.8 Å². The average molecular weight is 512 g/mol. The van der Waals surface area contributed by atoms with E-state index < -0.39 is 5.66 Å². The minimum atomic E-state index is -3.15. The number of aliphatic hydroxyl groups is 1. The molecule has 1 aromatic carbocycles. The zero-order valence-corrected chi connectivity index (χ0v) is 21.2. The number of aromatic hydroxyl groups is 1. The van der Waals surface area contributed by atoms with Crippen molar-refractivity contribution in [2.45, 2.75) is 50.4 Å². The smallest absolute Gasteiger partial charge is 0.284 e. The van der Waals surface area contributed by atoms with E-state index in [-0.39, 0.29) is 40.6 Å². The number of nitrogens with two attached hydrogens (primary N) is 2. The summed E-state index contributed by atoms with van der Waals surface area (Å²) in [5, 5.41) is 23.1. The molecule has 2 unspecified atom stereocenters. The molecule has 2 heterocycles. The van der Waals surface area contributed by atoms with Crippen molar-refractivity contribution in [3.8, 4) is 5.75 Å². The monoisotopic (exact) mass is 511 g/mol. The third-order valence-electron chi connectivity index (χ3n) is 6.52. The lowest BCUT2D eigenvalue weighted by atomic mass is 10.0. The van der Waals surface area contributed by atoms with E-state index in [0.717, 1.165) is 25.5 Å². The van der Waals surface area contributed by atoms with Crippen LogP contribution in [0.1, 0.15) is 43.7 Å². The predicted octanol–water partition coefficient (Wildman–Crippen LogP) is 1.84. The minimum absolute atomic E-state index is 0.0574. The predicted molar refractivity (Wildman–Crippen MR) is 135 cm³/mol. The Bertz CT molecular complexity index is 974. The number of hydrogen-bond donors (Lipinski definition) is 5. The van der Waals surface area contributed by atoms with E-state index in [1.165, 1.54) is 21.4 Å². The number of carbonyl (C=O) groups excluding carboxylic acids is 1. The number of nitrogens with zero attached hydrogens (tertiary/aromatic N) is 2. The number of carbonyl (C=O) groups is 1. The zero-order valence-electron chi connectivity index (χ0n) is 20.0. The van der Waals surface area contributed by atoms with Crippen LogP contribution in [0.4, 0.5) is 8.78 Å². The first-order valence-corrected chi connectivity index (χ1v) is 12.4. The highest BCUT2D eigenvalue weighted by molar-refractivity contribution is 7.17. The van der Waals surface area contributed by atoms with E-state index in [0.29, 0.717) is 50.4 Å². The lowest BCUT2D eigenvalue weighted by Crippen LogP contribution is -2.51. The van der Waals surface area contributed by atoms with Gasteiger partial charge in [-0.25, -0.2) is 0 Å². The first-order valence-electron chi connectivity index (χ1n) is 11.8. The maximum Gasteiger partial charge on any atom is 0.284 e. The number of phenols is 1. The first-order chi connectivity index (χ1) is 16.4. The number of rotatable bonds is 7. The Morgan fingerprint density at radius 2 is 1.94 bits per heavy atom. The molecular weight excluding hydrogens is 475 g/mol. The highest BCUT2D eigenvalue weighted by Crippen LogP contribution is 2.38. The Morgan fingerprint density at radius 3 is 2.57 bits per heavy atom. The van der Waals surface area contributed by atoms with Crippen LogP contribution < -0.4 is 16.8 Å². The largest absolute Gasteiger partial charge is 0.507 e. The Hall–Kier alpha value is -2.42. The molecular formula is C24H36F2N5O3P. The van der Waals surface area contributed by atoms with Gasteiger partial charge in [0.25, 0.3) is 5.66 Å². The molecule has 11 heteroatoms. The highest BCUT2D eigenvalue weighted by atomic mass is 31.0. The van der Waals surface area contributed by atoms with Crippen LogP contribution in [0.5, 0.6) is 5.75 Å². The normalized spacial score (nSPS) is 21.6. The SMILES string of the molecule is CC(/C=C(\N)NC1CCCN(CC(=O)N2CCC(O)CC2)C1)=C(/N)c1ccc(C(F)(F)P)cc1O. The fraction of sp³-hybridized carbons (Fsp3) is 0.542. The van der Waals surface area contributed by atoms with Gasteiger partial charge in [-0.3, -0.25) is 9.69 Å². The fourth-order valence-electron chi connectivity index (χ4n) is 4.49. The summed E-state index contributed by atoms with van der Waals surface area (Å²) in [5.41, 5.74) is 9.94. The summed E-state index contributed by atoms with van der Waals surface area (Å²) in [5.74, 6) is 0.135. The van der Waals surface area contributed by atoms with Gasteiger partial charge >= 0.3 is 0 Å². The zero-order chi connectivity index (χ0) is 25.8. The highest BCUT2D eigenvalue weighted by Gasteiger charge is 2.27. The van der Waals surface area contributed by atoms with Crippen molar-refractivity contribution < 1.29 is 23.8 Å². The molecule has 2 aliphatic heterocycles. The Morgan fingerprint density at radius 1 is 1.26 bits per heavy atom. The van der Waals surface area contributed by atoms with E-state index >= 15 is 0 Å². The van der Waals surface area contributed by atoms with Crippen LogP contribution in [0.15, 0.2) is 35.7 Å². The number of halogens is 2. The van der Waals surface area contributed by atoms with Crippen LogP contribution in [0, 0.1) is 0 Å². The number of likely N-dealkylation sites (tertiary alicyclic amines) is 2. The van der Waals surface area contributed by atoms with Gasteiger partial charge in [-0.1, -0.05) is 15.3 Å². The van der Waals surface area contributed by atoms with Gasteiger partial charge in [-0.2, -0.15) is 8.78 Å². The van der Waals surface area contributed by atoms with Crippen LogP contribution in [0.25, 0.3) is 5.70 Å². The van der Waals surface area contributed by atoms with Crippen molar-refractivity contribution in [1.29, 1.82) is 0 Å². The second-order valence-corrected chi connectivity index (χ2v) is 10.1. The molecule has 1 aromatic rings. The number of aliphatic hydroxyl groups excluding tert-OH is 1. The van der Waals surface area contributed by atoms with Gasteiger partial charge < -0.3 is 31.9 Å². The lowest BCUT2D eigenvalue weighted by Gasteiger charge is -2.36. The van der Waals surface area contributed by atoms with Gasteiger partial charge in [0, 0.05) is 42.5 Å². The second-order valence-electron chi connectivity index (χ2n) is 9.38. The van der Waals surface area contributed by atoms with Gasteiger partial charge in [0.15, 0.2) is 0 Å². The molecule has 2 atom stereocenters. The van der Waals surface area contributed by atoms with Crippen LogP contribution in [0.3, 0.4) is 0 Å². The number of alkyl halides is 2. The molecule has 7 N–H and O–H groups in total. The average Bonchev–Trinajstić information content (AvgIpc) is 2.78. The summed E-state index contributed by atoms with van der Waals surface area (Å²) in [6, 6.07) is 3.63. The molecule has 2 saturated heterocycles. The Labute approximate surface area is 207 Å². The number of hydrogen-bond acceptors (Lipinski definition) is 7. The van der Waals surface area contributed by atoms with E-state index in [1.54, 1.807) is 13.0 Å². The van der Waals surface area contributed by atoms with E-state index in [9.17, 15) is 23.8 Å². The summed E-state index contributed by atoms with van der Waals surface area (Å²) in [6.07, 6.45) is 4.41. The van der Waals surface area contributed by atoms with Crippen molar-refractivity contribution >= 4 is 20.8 Å². The van der Waals surface area contributed by atoms with Gasteiger partial charge in [-0.15, -0.1) is 0 Å². The van der Waals surface area contributed by atoms with Crippen molar-refractivity contribution in [2.24, 2.45) is 11.5 Å². The maximum absolute atomic E-state index is 13.5. The van der Waals surface area contributed by atoms with Crippen molar-refractivity contribution in [3.63, 3.8) is 0 Å². The number of phenolic OH excluding ortho intramolecular Hbond substituents is 1. The summed E-state index contributed by atoms with van der Waals surface area (Å²) >= 11 is 0. The Balaban J connectivity index is 1.59. The summed E-state index contributed by atoms with van der Waals surface area (Å²) in [4.78, 5) is 16.6. The third kappa shape index (κ3) is 7.53. The second kappa shape index (κ2) is 11.5. The topological polar surface area (TPSA) is 128 Å². The summed E-state index contributed by atoms with van der Waals surface area (Å²) < 4.78 is 26.9. The van der Waals surface area contributed by atoms with Gasteiger partial charge in [0.2, 0.25) is 5.91 Å². The van der Waals surface area contributed by atoms with E-state index in [1.807, 2.05) is 4.90 Å². The molecule has 0 aliphatic carbocycles. The van der Waals surface area contributed by atoms with E-state index in [4.69, 9.17) is 11.5 Å². The fourth-order valence-corrected chi connectivity index (χ4v) is 4.67. The molecule has 3 rings (SSSR count). The number of nitrogens with one attached hydrogen (secondary N) is 1. The van der Waals surface area contributed by atoms with Gasteiger partial charge in [0.1, 0.15) is 5.75 Å². The minimum Gasteiger partial charge on any atom is -0.507 e. The van der Waals surface area contributed by atoms with Crippen LogP contribution in [0.2, 0.25) is 0 Å². The quantitative estimate of drug-likeness (QED) is 0.279. The van der Waals surface area contributed by atoms with Gasteiger partial charge in [-0.05, 0) is 62.9 Å². The first kappa shape index (κ1) is 27.2. The molecule has 194 valence electrons. The molecule has 0 bridgehead atoms. The summed E-state index contributed by atoms with van der Waals surface area (Å²) in [6.45, 7) is 4.75. The third-order valence-corrected chi connectivity index (χ3v) is 6.86. The number of benzene rings is 1. The van der Waals surface area contributed by atoms with E-state index in [2.05, 4.69) is 10.2 Å². The lowest BCUT2D eigenvalue weighted by molar-refractivity contribution is -0.134. The molecule has 1 amide bonds. The molecule has 2 fully saturated rings.